The number of hydrogen-bond acceptors (Lipinski definition) is 1. The summed E-state index contributed by atoms with van der Waals surface area (Å²) in [4.78, 5) is 0. The Morgan fingerprint density at radius 3 is 2.17 bits per heavy atom. The van der Waals surface area contributed by atoms with Crippen molar-refractivity contribution in [2.75, 3.05) is 6.54 Å². The molecule has 2 aromatic carbocycles. The first-order valence-electron chi connectivity index (χ1n) is 12.1. The van der Waals surface area contributed by atoms with E-state index in [-0.39, 0.29) is 0 Å². The second kappa shape index (κ2) is 12.9. The molecule has 1 nitrogen and oxygen atoms in total. The van der Waals surface area contributed by atoms with Gasteiger partial charge in [0.1, 0.15) is 0 Å². The SMILES string of the molecule is CCCCC.CCCc1ccc(CC2NCCc3cc(C(C)CC)ccc32)cc1. The zero-order valence-corrected chi connectivity index (χ0v) is 19.6. The van der Waals surface area contributed by atoms with Crippen molar-refractivity contribution in [3.05, 3.63) is 70.3 Å². The van der Waals surface area contributed by atoms with E-state index in [1.54, 1.807) is 5.56 Å². The minimum atomic E-state index is 0.455. The summed E-state index contributed by atoms with van der Waals surface area (Å²) in [5.41, 5.74) is 7.45. The minimum absolute atomic E-state index is 0.455. The van der Waals surface area contributed by atoms with E-state index in [4.69, 9.17) is 0 Å². The molecule has 0 aliphatic carbocycles. The normalized spacial score (nSPS) is 16.5. The van der Waals surface area contributed by atoms with Gasteiger partial charge < -0.3 is 5.32 Å². The molecule has 1 aliphatic heterocycles. The van der Waals surface area contributed by atoms with E-state index in [2.05, 4.69) is 82.4 Å². The zero-order chi connectivity index (χ0) is 21.1. The van der Waals surface area contributed by atoms with Gasteiger partial charge in [0.05, 0.1) is 0 Å². The Kier molecular flexibility index (Phi) is 10.5. The van der Waals surface area contributed by atoms with Gasteiger partial charge in [-0.05, 0) is 66.0 Å². The van der Waals surface area contributed by atoms with Crippen LogP contribution in [-0.2, 0) is 19.3 Å². The predicted molar refractivity (Wildman–Crippen MR) is 129 cm³/mol. The molecule has 1 heteroatoms. The zero-order valence-electron chi connectivity index (χ0n) is 19.6. The molecule has 29 heavy (non-hydrogen) atoms. The summed E-state index contributed by atoms with van der Waals surface area (Å²) in [7, 11) is 0. The molecule has 0 amide bonds. The van der Waals surface area contributed by atoms with Gasteiger partial charge in [-0.25, -0.2) is 0 Å². The molecular weight excluding hydrogens is 350 g/mol. The number of fused-ring (bicyclic) bond motifs is 1. The Labute approximate surface area is 180 Å². The highest BCUT2D eigenvalue weighted by Gasteiger charge is 2.20. The van der Waals surface area contributed by atoms with Gasteiger partial charge in [0.2, 0.25) is 0 Å². The van der Waals surface area contributed by atoms with Crippen LogP contribution in [0.1, 0.15) is 106 Å². The van der Waals surface area contributed by atoms with Gasteiger partial charge in [0.25, 0.3) is 0 Å². The maximum Gasteiger partial charge on any atom is 0.0363 e. The largest absolute Gasteiger partial charge is 0.309 e. The highest BCUT2D eigenvalue weighted by atomic mass is 14.9. The van der Waals surface area contributed by atoms with E-state index in [9.17, 15) is 0 Å². The van der Waals surface area contributed by atoms with E-state index in [0.29, 0.717) is 12.0 Å². The maximum atomic E-state index is 3.73. The lowest BCUT2D eigenvalue weighted by Crippen LogP contribution is -2.31. The summed E-state index contributed by atoms with van der Waals surface area (Å²) in [5, 5.41) is 3.73. The minimum Gasteiger partial charge on any atom is -0.309 e. The molecule has 0 spiro atoms. The number of unbranched alkanes of at least 4 members (excludes halogenated alkanes) is 2. The van der Waals surface area contributed by atoms with Crippen LogP contribution < -0.4 is 5.32 Å². The molecule has 0 aromatic heterocycles. The van der Waals surface area contributed by atoms with E-state index >= 15 is 0 Å². The Morgan fingerprint density at radius 1 is 0.897 bits per heavy atom. The van der Waals surface area contributed by atoms with Crippen LogP contribution in [0.5, 0.6) is 0 Å². The molecule has 0 fully saturated rings. The predicted octanol–water partition coefficient (Wildman–Crippen LogP) is 7.78. The molecule has 1 N–H and O–H groups in total. The van der Waals surface area contributed by atoms with Crippen molar-refractivity contribution in [3.8, 4) is 0 Å². The van der Waals surface area contributed by atoms with Crippen LogP contribution in [0.25, 0.3) is 0 Å². The third kappa shape index (κ3) is 7.30. The van der Waals surface area contributed by atoms with Crippen LogP contribution in [0.2, 0.25) is 0 Å². The molecule has 0 saturated carbocycles. The highest BCUT2D eigenvalue weighted by Crippen LogP contribution is 2.30. The molecule has 160 valence electrons. The number of aryl methyl sites for hydroxylation is 1. The molecule has 0 saturated heterocycles. The third-order valence-electron chi connectivity index (χ3n) is 6.22. The Bertz CT molecular complexity index is 699. The summed E-state index contributed by atoms with van der Waals surface area (Å²) in [5.74, 6) is 0.662. The lowest BCUT2D eigenvalue weighted by atomic mass is 9.86. The van der Waals surface area contributed by atoms with Crippen molar-refractivity contribution >= 4 is 0 Å². The lowest BCUT2D eigenvalue weighted by molar-refractivity contribution is 0.501. The second-order valence-electron chi connectivity index (χ2n) is 8.65. The Balaban J connectivity index is 0.000000537. The van der Waals surface area contributed by atoms with Crippen LogP contribution in [0.4, 0.5) is 0 Å². The first-order chi connectivity index (χ1) is 14.1. The van der Waals surface area contributed by atoms with Crippen LogP contribution in [0, 0.1) is 0 Å². The monoisotopic (exact) mass is 393 g/mol. The van der Waals surface area contributed by atoms with Gasteiger partial charge in [0.15, 0.2) is 0 Å². The number of nitrogens with one attached hydrogen (secondary N) is 1. The number of rotatable bonds is 8. The standard InChI is InChI=1S/C23H31N.C5H12/c1-4-6-18-7-9-19(10-8-18)15-23-22-12-11-20(17(3)5-2)16-21(22)13-14-24-23;1-3-5-4-2/h7-12,16-17,23-24H,4-6,13-15H2,1-3H3;3-5H2,1-2H3. The average Bonchev–Trinajstić information content (AvgIpc) is 2.75. The molecule has 3 rings (SSSR count). The molecule has 1 aliphatic rings. The average molecular weight is 394 g/mol. The van der Waals surface area contributed by atoms with Gasteiger partial charge in [-0.15, -0.1) is 0 Å². The molecule has 0 radical (unpaired) electrons. The molecule has 2 aromatic rings. The van der Waals surface area contributed by atoms with Crippen molar-refractivity contribution in [1.29, 1.82) is 0 Å². The molecule has 2 unspecified atom stereocenters. The van der Waals surface area contributed by atoms with E-state index in [1.165, 1.54) is 60.8 Å². The summed E-state index contributed by atoms with van der Waals surface area (Å²) >= 11 is 0. The number of hydrogen-bond donors (Lipinski definition) is 1. The van der Waals surface area contributed by atoms with Gasteiger partial charge in [-0.3, -0.25) is 0 Å². The van der Waals surface area contributed by atoms with Gasteiger partial charge in [-0.2, -0.15) is 0 Å². The number of benzene rings is 2. The summed E-state index contributed by atoms with van der Waals surface area (Å²) in [6, 6.07) is 16.9. The molecular formula is C28H43N. The first-order valence-corrected chi connectivity index (χ1v) is 12.1. The van der Waals surface area contributed by atoms with Crippen molar-refractivity contribution < 1.29 is 0 Å². The quantitative estimate of drug-likeness (QED) is 0.483. The van der Waals surface area contributed by atoms with Crippen molar-refractivity contribution in [1.82, 2.24) is 5.32 Å². The highest BCUT2D eigenvalue weighted by molar-refractivity contribution is 5.38. The summed E-state index contributed by atoms with van der Waals surface area (Å²) < 4.78 is 0. The van der Waals surface area contributed by atoms with Crippen LogP contribution >= 0.6 is 0 Å². The summed E-state index contributed by atoms with van der Waals surface area (Å²) in [6.07, 6.45) is 9.93. The van der Waals surface area contributed by atoms with Gasteiger partial charge in [0, 0.05) is 6.04 Å². The summed E-state index contributed by atoms with van der Waals surface area (Å²) in [6.45, 7) is 12.4. The van der Waals surface area contributed by atoms with Gasteiger partial charge >= 0.3 is 0 Å². The fourth-order valence-corrected chi connectivity index (χ4v) is 4.12. The molecule has 0 bridgehead atoms. The third-order valence-corrected chi connectivity index (χ3v) is 6.22. The van der Waals surface area contributed by atoms with Crippen LogP contribution in [0.3, 0.4) is 0 Å². The lowest BCUT2D eigenvalue weighted by Gasteiger charge is -2.28. The van der Waals surface area contributed by atoms with Crippen molar-refractivity contribution in [2.24, 2.45) is 0 Å². The van der Waals surface area contributed by atoms with Crippen LogP contribution in [-0.4, -0.2) is 6.54 Å². The van der Waals surface area contributed by atoms with Crippen LogP contribution in [0.15, 0.2) is 42.5 Å². The molecule has 1 heterocycles. The second-order valence-corrected chi connectivity index (χ2v) is 8.65. The molecule has 2 atom stereocenters. The first kappa shape index (κ1) is 23.7. The van der Waals surface area contributed by atoms with E-state index in [1.807, 2.05) is 0 Å². The maximum absolute atomic E-state index is 3.73. The Morgan fingerprint density at radius 2 is 1.59 bits per heavy atom. The van der Waals surface area contributed by atoms with E-state index < -0.39 is 0 Å². The Hall–Kier alpha value is -1.60. The fraction of sp³-hybridized carbons (Fsp3) is 0.571. The fourth-order valence-electron chi connectivity index (χ4n) is 4.12. The van der Waals surface area contributed by atoms with E-state index in [0.717, 1.165) is 19.4 Å². The van der Waals surface area contributed by atoms with Gasteiger partial charge in [-0.1, -0.05) is 103 Å². The topological polar surface area (TPSA) is 12.0 Å². The van der Waals surface area contributed by atoms with Crippen molar-refractivity contribution in [2.45, 2.75) is 97.9 Å². The smallest absolute Gasteiger partial charge is 0.0363 e. The van der Waals surface area contributed by atoms with Crippen molar-refractivity contribution in [3.63, 3.8) is 0 Å².